The van der Waals surface area contributed by atoms with Crippen molar-refractivity contribution in [1.82, 2.24) is 5.32 Å². The summed E-state index contributed by atoms with van der Waals surface area (Å²) in [5.74, 6) is 0.872. The third-order valence-electron chi connectivity index (χ3n) is 4.61. The number of hydrogen-bond donors (Lipinski definition) is 1. The number of hydrogen-bond acceptors (Lipinski definition) is 4. The fourth-order valence-electron chi connectivity index (χ4n) is 3.27. The monoisotopic (exact) mass is 382 g/mol. The van der Waals surface area contributed by atoms with E-state index in [0.29, 0.717) is 37.7 Å². The summed E-state index contributed by atoms with van der Waals surface area (Å²) < 4.78 is 11.3. The molecule has 148 valence electrons. The van der Waals surface area contributed by atoms with Gasteiger partial charge in [0.15, 0.2) is 0 Å². The van der Waals surface area contributed by atoms with Crippen molar-refractivity contribution in [2.24, 2.45) is 5.92 Å². The van der Waals surface area contributed by atoms with Gasteiger partial charge in [-0.2, -0.15) is 0 Å². The van der Waals surface area contributed by atoms with Crippen molar-refractivity contribution in [3.05, 3.63) is 54.1 Å². The molecule has 1 unspecified atom stereocenters. The Labute approximate surface area is 165 Å². The number of ether oxygens (including phenoxy) is 2. The van der Waals surface area contributed by atoms with Crippen LogP contribution in [0.2, 0.25) is 0 Å². The Morgan fingerprint density at radius 3 is 2.79 bits per heavy atom. The molecule has 1 aliphatic rings. The van der Waals surface area contributed by atoms with Crippen molar-refractivity contribution >= 4 is 17.5 Å². The van der Waals surface area contributed by atoms with Crippen LogP contribution in [0, 0.1) is 12.8 Å². The van der Waals surface area contributed by atoms with Gasteiger partial charge in [0.05, 0.1) is 24.8 Å². The van der Waals surface area contributed by atoms with Crippen LogP contribution in [0.25, 0.3) is 0 Å². The molecule has 3 rings (SSSR count). The Balaban J connectivity index is 1.51. The van der Waals surface area contributed by atoms with Gasteiger partial charge in [0.25, 0.3) is 0 Å². The Morgan fingerprint density at radius 2 is 2.00 bits per heavy atom. The molecule has 6 heteroatoms. The summed E-state index contributed by atoms with van der Waals surface area (Å²) in [6, 6.07) is 15.2. The van der Waals surface area contributed by atoms with Gasteiger partial charge in [0.1, 0.15) is 18.1 Å². The minimum Gasteiger partial charge on any atom is -0.492 e. The van der Waals surface area contributed by atoms with Crippen LogP contribution in [-0.2, 0) is 9.59 Å². The summed E-state index contributed by atoms with van der Waals surface area (Å²) in [5.41, 5.74) is 1.84. The molecule has 1 aliphatic heterocycles. The fraction of sp³-hybridized carbons (Fsp3) is 0.364. The lowest BCUT2D eigenvalue weighted by Crippen LogP contribution is -2.35. The first kappa shape index (κ1) is 19.7. The number of rotatable bonds is 8. The molecule has 0 radical (unpaired) electrons. The molecule has 2 aromatic rings. The smallest absolute Gasteiger partial charge is 0.227 e. The molecular formula is C22H26N2O4. The minimum atomic E-state index is -0.374. The second kappa shape index (κ2) is 9.26. The predicted molar refractivity (Wildman–Crippen MR) is 108 cm³/mol. The molecule has 0 aliphatic carbocycles. The third kappa shape index (κ3) is 4.82. The molecule has 2 aromatic carbocycles. The van der Waals surface area contributed by atoms with Crippen molar-refractivity contribution in [3.63, 3.8) is 0 Å². The SMILES string of the molecule is CCOc1ccccc1N1CC(C(=O)NCCOc2cccc(C)c2)CC1=O. The van der Waals surface area contributed by atoms with E-state index in [2.05, 4.69) is 5.32 Å². The van der Waals surface area contributed by atoms with Gasteiger partial charge in [-0.1, -0.05) is 24.3 Å². The van der Waals surface area contributed by atoms with E-state index in [1.807, 2.05) is 62.4 Å². The summed E-state index contributed by atoms with van der Waals surface area (Å²) in [7, 11) is 0. The third-order valence-corrected chi connectivity index (χ3v) is 4.61. The van der Waals surface area contributed by atoms with Gasteiger partial charge >= 0.3 is 0 Å². The van der Waals surface area contributed by atoms with Crippen molar-refractivity contribution in [2.45, 2.75) is 20.3 Å². The molecule has 1 saturated heterocycles. The van der Waals surface area contributed by atoms with Crippen LogP contribution in [0.5, 0.6) is 11.5 Å². The summed E-state index contributed by atoms with van der Waals surface area (Å²) in [4.78, 5) is 26.6. The summed E-state index contributed by atoms with van der Waals surface area (Å²) in [6.07, 6.45) is 0.199. The molecule has 1 heterocycles. The number of anilines is 1. The number of carbonyl (C=O) groups excluding carboxylic acids is 2. The molecule has 2 amide bonds. The zero-order chi connectivity index (χ0) is 19.9. The Bertz CT molecular complexity index is 837. The second-order valence-corrected chi connectivity index (χ2v) is 6.76. The molecule has 1 fully saturated rings. The molecule has 28 heavy (non-hydrogen) atoms. The van der Waals surface area contributed by atoms with Gasteiger partial charge in [0.2, 0.25) is 11.8 Å². The van der Waals surface area contributed by atoms with Crippen LogP contribution < -0.4 is 19.7 Å². The van der Waals surface area contributed by atoms with E-state index in [4.69, 9.17) is 9.47 Å². The summed E-state index contributed by atoms with van der Waals surface area (Å²) in [5, 5.41) is 2.87. The summed E-state index contributed by atoms with van der Waals surface area (Å²) >= 11 is 0. The van der Waals surface area contributed by atoms with Gasteiger partial charge in [-0.3, -0.25) is 9.59 Å². The number of aryl methyl sites for hydroxylation is 1. The number of carbonyl (C=O) groups is 2. The van der Waals surface area contributed by atoms with E-state index >= 15 is 0 Å². The molecule has 0 spiro atoms. The number of nitrogens with one attached hydrogen (secondary N) is 1. The van der Waals surface area contributed by atoms with Crippen LogP contribution in [0.3, 0.4) is 0 Å². The lowest BCUT2D eigenvalue weighted by molar-refractivity contribution is -0.126. The normalized spacial score (nSPS) is 16.1. The van der Waals surface area contributed by atoms with Crippen molar-refractivity contribution < 1.29 is 19.1 Å². The molecule has 0 aromatic heterocycles. The Hall–Kier alpha value is -3.02. The highest BCUT2D eigenvalue weighted by molar-refractivity contribution is 6.01. The van der Waals surface area contributed by atoms with E-state index in [0.717, 1.165) is 11.3 Å². The Morgan fingerprint density at radius 1 is 1.18 bits per heavy atom. The van der Waals surface area contributed by atoms with Crippen LogP contribution >= 0.6 is 0 Å². The van der Waals surface area contributed by atoms with Gasteiger partial charge in [-0.15, -0.1) is 0 Å². The van der Waals surface area contributed by atoms with E-state index in [1.165, 1.54) is 0 Å². The Kier molecular flexibility index (Phi) is 6.53. The highest BCUT2D eigenvalue weighted by Crippen LogP contribution is 2.33. The van der Waals surface area contributed by atoms with E-state index < -0.39 is 0 Å². The first-order valence-electron chi connectivity index (χ1n) is 9.58. The fourth-order valence-corrected chi connectivity index (χ4v) is 3.27. The standard InChI is InChI=1S/C22H26N2O4/c1-3-27-20-10-5-4-9-19(20)24-15-17(14-21(24)25)22(26)23-11-12-28-18-8-6-7-16(2)13-18/h4-10,13,17H,3,11-12,14-15H2,1-2H3,(H,23,26). The zero-order valence-corrected chi connectivity index (χ0v) is 16.3. The minimum absolute atomic E-state index is 0.0664. The van der Waals surface area contributed by atoms with E-state index in [1.54, 1.807) is 4.90 Å². The van der Waals surface area contributed by atoms with Crippen LogP contribution in [-0.4, -0.2) is 38.1 Å². The largest absolute Gasteiger partial charge is 0.492 e. The van der Waals surface area contributed by atoms with Gasteiger partial charge in [0, 0.05) is 13.0 Å². The molecule has 1 atom stereocenters. The van der Waals surface area contributed by atoms with Crippen LogP contribution in [0.4, 0.5) is 5.69 Å². The molecule has 0 bridgehead atoms. The summed E-state index contributed by atoms with van der Waals surface area (Å²) in [6.45, 7) is 5.55. The van der Waals surface area contributed by atoms with Crippen molar-refractivity contribution in [1.29, 1.82) is 0 Å². The van der Waals surface area contributed by atoms with Crippen LogP contribution in [0.1, 0.15) is 18.9 Å². The first-order valence-corrected chi connectivity index (χ1v) is 9.58. The van der Waals surface area contributed by atoms with Crippen molar-refractivity contribution in [3.8, 4) is 11.5 Å². The number of benzene rings is 2. The maximum Gasteiger partial charge on any atom is 0.227 e. The maximum absolute atomic E-state index is 12.5. The first-order chi connectivity index (χ1) is 13.6. The topological polar surface area (TPSA) is 67.9 Å². The van der Waals surface area contributed by atoms with Gasteiger partial charge in [-0.25, -0.2) is 0 Å². The number of amides is 2. The maximum atomic E-state index is 12.5. The highest BCUT2D eigenvalue weighted by Gasteiger charge is 2.36. The quantitative estimate of drug-likeness (QED) is 0.713. The van der Waals surface area contributed by atoms with Gasteiger partial charge < -0.3 is 19.7 Å². The molecule has 1 N–H and O–H groups in total. The number of para-hydroxylation sites is 2. The van der Waals surface area contributed by atoms with E-state index in [-0.39, 0.29) is 24.2 Å². The number of nitrogens with zero attached hydrogens (tertiary/aromatic N) is 1. The highest BCUT2D eigenvalue weighted by atomic mass is 16.5. The second-order valence-electron chi connectivity index (χ2n) is 6.76. The molecular weight excluding hydrogens is 356 g/mol. The zero-order valence-electron chi connectivity index (χ0n) is 16.3. The predicted octanol–water partition coefficient (Wildman–Crippen LogP) is 2.94. The molecule has 0 saturated carbocycles. The lowest BCUT2D eigenvalue weighted by atomic mass is 10.1. The molecule has 6 nitrogen and oxygen atoms in total. The van der Waals surface area contributed by atoms with Crippen LogP contribution in [0.15, 0.2) is 48.5 Å². The average molecular weight is 382 g/mol. The lowest BCUT2D eigenvalue weighted by Gasteiger charge is -2.20. The van der Waals surface area contributed by atoms with E-state index in [9.17, 15) is 9.59 Å². The average Bonchev–Trinajstić information content (AvgIpc) is 3.07. The van der Waals surface area contributed by atoms with Crippen molar-refractivity contribution in [2.75, 3.05) is 31.2 Å². The van der Waals surface area contributed by atoms with Gasteiger partial charge in [-0.05, 0) is 43.7 Å².